The van der Waals surface area contributed by atoms with E-state index < -0.39 is 17.1 Å². The van der Waals surface area contributed by atoms with Gasteiger partial charge in [0.2, 0.25) is 0 Å². The topological polar surface area (TPSA) is 98.6 Å². The molecule has 0 aliphatic carbocycles. The lowest BCUT2D eigenvalue weighted by atomic mass is 10.8. The molecule has 3 N–H and O–H groups in total. The molecule has 6 nitrogen and oxygen atoms in total. The normalized spacial score (nSPS) is 6.83. The zero-order valence-corrected chi connectivity index (χ0v) is 11.1. The van der Waals surface area contributed by atoms with Crippen molar-refractivity contribution in [3.05, 3.63) is 69.4 Å². The summed E-state index contributed by atoms with van der Waals surface area (Å²) in [7, 11) is 0. The Kier molecular flexibility index (Phi) is 19.9. The fraction of sp³-hybridized carbons (Fsp3) is 0.250. The first kappa shape index (κ1) is 21.0. The van der Waals surface area contributed by atoms with Crippen LogP contribution in [0, 0.1) is 0 Å². The molecule has 0 radical (unpaired) electrons. The van der Waals surface area contributed by atoms with E-state index in [0.29, 0.717) is 0 Å². The molecule has 1 rings (SSSR count). The van der Waals surface area contributed by atoms with E-state index in [-0.39, 0.29) is 0 Å². The molecule has 0 saturated heterocycles. The van der Waals surface area contributed by atoms with Crippen LogP contribution in [0.25, 0.3) is 0 Å². The van der Waals surface area contributed by atoms with Crippen molar-refractivity contribution in [3.63, 3.8) is 0 Å². The molecule has 0 saturated carbocycles. The van der Waals surface area contributed by atoms with Crippen molar-refractivity contribution in [3.8, 4) is 0 Å². The fourth-order valence-corrected chi connectivity index (χ4v) is 0.403. The predicted octanol–water partition coefficient (Wildman–Crippen LogP) is 1.33. The largest absolute Gasteiger partial charge is 0.330 e. The SMILES string of the molecule is C=CC.C=CC.C=CC.O=c1[nH]c(=O)[nH]c(=O)[nH]1. The molecule has 0 amide bonds. The first-order valence-electron chi connectivity index (χ1n) is 5.07. The highest BCUT2D eigenvalue weighted by Crippen LogP contribution is 1.38. The molecule has 18 heavy (non-hydrogen) atoms. The monoisotopic (exact) mass is 255 g/mol. The van der Waals surface area contributed by atoms with E-state index in [2.05, 4.69) is 19.7 Å². The molecule has 0 spiro atoms. The second-order valence-corrected chi connectivity index (χ2v) is 2.59. The minimum atomic E-state index is -0.802. The van der Waals surface area contributed by atoms with Crippen molar-refractivity contribution in [2.24, 2.45) is 0 Å². The van der Waals surface area contributed by atoms with Crippen LogP contribution in [-0.2, 0) is 0 Å². The highest BCUT2D eigenvalue weighted by molar-refractivity contribution is 4.60. The summed E-state index contributed by atoms with van der Waals surface area (Å²) < 4.78 is 0. The van der Waals surface area contributed by atoms with E-state index in [9.17, 15) is 14.4 Å². The maximum Gasteiger partial charge on any atom is 0.330 e. The van der Waals surface area contributed by atoms with Crippen LogP contribution in [0.3, 0.4) is 0 Å². The summed E-state index contributed by atoms with van der Waals surface area (Å²) in [6.45, 7) is 15.8. The summed E-state index contributed by atoms with van der Waals surface area (Å²) in [5.41, 5.74) is -2.41. The van der Waals surface area contributed by atoms with E-state index in [1.54, 1.807) is 33.2 Å². The van der Waals surface area contributed by atoms with Crippen LogP contribution in [0.1, 0.15) is 20.8 Å². The standard InChI is InChI=1S/C3H3N3O3.3C3H6/c7-1-4-2(8)6-3(9)5-1;3*1-3-2/h(H3,4,5,6,7,8,9);3*3H,1H2,2H3. The van der Waals surface area contributed by atoms with E-state index in [0.717, 1.165) is 0 Å². The van der Waals surface area contributed by atoms with Gasteiger partial charge in [-0.1, -0.05) is 18.2 Å². The molecule has 0 aromatic carbocycles. The van der Waals surface area contributed by atoms with Gasteiger partial charge in [0.05, 0.1) is 0 Å². The first-order valence-corrected chi connectivity index (χ1v) is 5.07. The smallest absolute Gasteiger partial charge is 0.259 e. The Morgan fingerprint density at radius 3 is 0.889 bits per heavy atom. The van der Waals surface area contributed by atoms with Crippen molar-refractivity contribution in [2.45, 2.75) is 20.8 Å². The number of aromatic nitrogens is 3. The Morgan fingerprint density at radius 1 is 0.667 bits per heavy atom. The average Bonchev–Trinajstić information content (AvgIpc) is 2.18. The second kappa shape index (κ2) is 17.0. The number of allylic oxidation sites excluding steroid dienone is 3. The predicted molar refractivity (Wildman–Crippen MR) is 75.9 cm³/mol. The molecule has 0 aliphatic rings. The van der Waals surface area contributed by atoms with Crippen LogP contribution in [0.5, 0.6) is 0 Å². The van der Waals surface area contributed by atoms with Gasteiger partial charge < -0.3 is 0 Å². The third-order valence-corrected chi connectivity index (χ3v) is 0.681. The Hall–Kier alpha value is -2.37. The lowest BCUT2D eigenvalue weighted by Gasteiger charge is -1.77. The molecule has 102 valence electrons. The Balaban J connectivity index is -0.000000210. The molecule has 1 aromatic heterocycles. The summed E-state index contributed by atoms with van der Waals surface area (Å²) in [5.74, 6) is 0. The highest BCUT2D eigenvalue weighted by Gasteiger charge is 1.84. The number of hydrogen-bond acceptors (Lipinski definition) is 3. The Bertz CT molecular complexity index is 387. The van der Waals surface area contributed by atoms with Crippen LogP contribution in [0.15, 0.2) is 52.3 Å². The van der Waals surface area contributed by atoms with E-state index >= 15 is 0 Å². The van der Waals surface area contributed by atoms with Gasteiger partial charge in [-0.3, -0.25) is 15.0 Å². The molecule has 0 atom stereocenters. The van der Waals surface area contributed by atoms with Crippen LogP contribution in [-0.4, -0.2) is 15.0 Å². The van der Waals surface area contributed by atoms with E-state index in [4.69, 9.17) is 0 Å². The number of rotatable bonds is 0. The van der Waals surface area contributed by atoms with Gasteiger partial charge in [0.25, 0.3) is 0 Å². The van der Waals surface area contributed by atoms with Crippen LogP contribution >= 0.6 is 0 Å². The van der Waals surface area contributed by atoms with Crippen molar-refractivity contribution < 1.29 is 0 Å². The van der Waals surface area contributed by atoms with Crippen molar-refractivity contribution in [1.82, 2.24) is 15.0 Å². The number of aromatic amines is 3. The van der Waals surface area contributed by atoms with Crippen molar-refractivity contribution in [2.75, 3.05) is 0 Å². The molecule has 0 bridgehead atoms. The molecule has 0 aliphatic heterocycles. The van der Waals surface area contributed by atoms with Gasteiger partial charge in [-0.15, -0.1) is 19.7 Å². The molecule has 1 heterocycles. The molecule has 6 heteroatoms. The molecule has 0 unspecified atom stereocenters. The second-order valence-electron chi connectivity index (χ2n) is 2.59. The third kappa shape index (κ3) is 23.4. The van der Waals surface area contributed by atoms with Gasteiger partial charge in [-0.2, -0.15) is 0 Å². The van der Waals surface area contributed by atoms with Crippen LogP contribution in [0.2, 0.25) is 0 Å². The minimum Gasteiger partial charge on any atom is -0.259 e. The van der Waals surface area contributed by atoms with Gasteiger partial charge in [0, 0.05) is 0 Å². The fourth-order valence-electron chi connectivity index (χ4n) is 0.403. The summed E-state index contributed by atoms with van der Waals surface area (Å²) in [4.78, 5) is 35.9. The summed E-state index contributed by atoms with van der Waals surface area (Å²) in [6, 6.07) is 0. The van der Waals surface area contributed by atoms with Gasteiger partial charge in [0.1, 0.15) is 0 Å². The lowest BCUT2D eigenvalue weighted by molar-refractivity contribution is 0.888. The third-order valence-electron chi connectivity index (χ3n) is 0.681. The summed E-state index contributed by atoms with van der Waals surface area (Å²) >= 11 is 0. The van der Waals surface area contributed by atoms with E-state index in [1.807, 2.05) is 20.8 Å². The molecule has 1 aromatic rings. The quantitative estimate of drug-likeness (QED) is 0.610. The van der Waals surface area contributed by atoms with Gasteiger partial charge in [0.15, 0.2) is 0 Å². The van der Waals surface area contributed by atoms with Gasteiger partial charge in [-0.25, -0.2) is 14.4 Å². The number of H-pyrrole nitrogens is 3. The van der Waals surface area contributed by atoms with E-state index in [1.165, 1.54) is 0 Å². The maximum absolute atomic E-state index is 10.2. The maximum atomic E-state index is 10.2. The summed E-state index contributed by atoms with van der Waals surface area (Å²) in [5, 5.41) is 0. The molecule has 0 fully saturated rings. The van der Waals surface area contributed by atoms with Crippen molar-refractivity contribution >= 4 is 0 Å². The lowest BCUT2D eigenvalue weighted by Crippen LogP contribution is -2.34. The number of nitrogens with one attached hydrogen (secondary N) is 3. The highest BCUT2D eigenvalue weighted by atomic mass is 16.2. The average molecular weight is 255 g/mol. The van der Waals surface area contributed by atoms with Gasteiger partial charge in [-0.05, 0) is 20.8 Å². The number of hydrogen-bond donors (Lipinski definition) is 3. The zero-order chi connectivity index (χ0) is 15.0. The zero-order valence-electron chi connectivity index (χ0n) is 11.1. The summed E-state index contributed by atoms with van der Waals surface area (Å²) in [6.07, 6.45) is 5.25. The molecular formula is C12H21N3O3. The van der Waals surface area contributed by atoms with Crippen LogP contribution in [0.4, 0.5) is 0 Å². The van der Waals surface area contributed by atoms with Crippen LogP contribution < -0.4 is 17.1 Å². The Labute approximate surface area is 106 Å². The first-order chi connectivity index (χ1) is 8.42. The molecular weight excluding hydrogens is 234 g/mol. The van der Waals surface area contributed by atoms with Gasteiger partial charge >= 0.3 is 17.1 Å². The van der Waals surface area contributed by atoms with Crippen molar-refractivity contribution in [1.29, 1.82) is 0 Å². The minimum absolute atomic E-state index is 0.802. The Morgan fingerprint density at radius 2 is 0.778 bits per heavy atom.